The van der Waals surface area contributed by atoms with Gasteiger partial charge in [-0.3, -0.25) is 0 Å². The van der Waals surface area contributed by atoms with Gasteiger partial charge in [-0.25, -0.2) is 0 Å². The first-order valence-corrected chi connectivity index (χ1v) is 7.47. The minimum atomic E-state index is 0.00731. The summed E-state index contributed by atoms with van der Waals surface area (Å²) < 4.78 is 0. The monoisotopic (exact) mass is 307 g/mol. The topological polar surface area (TPSA) is 26.0 Å². The Morgan fingerprint density at radius 1 is 1.00 bits per heavy atom. The summed E-state index contributed by atoms with van der Waals surface area (Å²) in [5.41, 5.74) is 11.0. The number of aryl methyl sites for hydroxylation is 2. The summed E-state index contributed by atoms with van der Waals surface area (Å²) in [4.78, 5) is 0. The molecule has 0 spiro atoms. The molecule has 0 saturated carbocycles. The van der Waals surface area contributed by atoms with Crippen molar-refractivity contribution in [3.05, 3.63) is 68.7 Å². The van der Waals surface area contributed by atoms with Crippen LogP contribution >= 0.6 is 23.2 Å². The molecular formula is C17H19Cl2N. The Hall–Kier alpha value is -1.02. The summed E-state index contributed by atoms with van der Waals surface area (Å²) in [6, 6.07) is 12.0. The molecule has 1 unspecified atom stereocenters. The van der Waals surface area contributed by atoms with Gasteiger partial charge in [-0.2, -0.15) is 0 Å². The quantitative estimate of drug-likeness (QED) is 0.868. The molecule has 2 aromatic carbocycles. The van der Waals surface area contributed by atoms with Crippen LogP contribution in [0.5, 0.6) is 0 Å². The summed E-state index contributed by atoms with van der Waals surface area (Å²) in [5, 5.41) is 1.38. The lowest BCUT2D eigenvalue weighted by atomic mass is 9.95. The van der Waals surface area contributed by atoms with E-state index in [1.165, 1.54) is 16.7 Å². The smallest absolute Gasteiger partial charge is 0.0453 e. The highest BCUT2D eigenvalue weighted by Gasteiger charge is 2.12. The predicted molar refractivity (Wildman–Crippen MR) is 87.8 cm³/mol. The van der Waals surface area contributed by atoms with Crippen LogP contribution in [0, 0.1) is 13.8 Å². The lowest BCUT2D eigenvalue weighted by Gasteiger charge is -2.16. The van der Waals surface area contributed by atoms with Gasteiger partial charge in [0.05, 0.1) is 0 Å². The van der Waals surface area contributed by atoms with E-state index in [4.69, 9.17) is 28.9 Å². The molecule has 0 heterocycles. The van der Waals surface area contributed by atoms with Gasteiger partial charge in [-0.1, -0.05) is 53.0 Å². The molecule has 106 valence electrons. The summed E-state index contributed by atoms with van der Waals surface area (Å²) >= 11 is 12.4. The van der Waals surface area contributed by atoms with Crippen molar-refractivity contribution in [2.24, 2.45) is 5.73 Å². The van der Waals surface area contributed by atoms with Crippen LogP contribution in [0.1, 0.15) is 22.3 Å². The van der Waals surface area contributed by atoms with Gasteiger partial charge in [-0.05, 0) is 55.5 Å². The number of nitrogens with two attached hydrogens (primary N) is 1. The second-order valence-electron chi connectivity index (χ2n) is 5.30. The lowest BCUT2D eigenvalue weighted by Crippen LogP contribution is -2.26. The normalized spacial score (nSPS) is 12.4. The first-order chi connectivity index (χ1) is 9.47. The maximum atomic E-state index is 6.28. The Bertz CT molecular complexity index is 588. The van der Waals surface area contributed by atoms with E-state index in [1.54, 1.807) is 0 Å². The van der Waals surface area contributed by atoms with E-state index in [0.717, 1.165) is 12.0 Å². The number of halogens is 2. The second-order valence-corrected chi connectivity index (χ2v) is 6.11. The number of rotatable bonds is 4. The Balaban J connectivity index is 2.13. The second kappa shape index (κ2) is 6.62. The Morgan fingerprint density at radius 2 is 1.65 bits per heavy atom. The van der Waals surface area contributed by atoms with Gasteiger partial charge in [0.2, 0.25) is 0 Å². The average molecular weight is 308 g/mol. The van der Waals surface area contributed by atoms with Crippen LogP contribution in [0.15, 0.2) is 36.4 Å². The molecular weight excluding hydrogens is 289 g/mol. The molecule has 0 amide bonds. The van der Waals surface area contributed by atoms with E-state index in [0.29, 0.717) is 16.5 Å². The standard InChI is InChI=1S/C17H19Cl2N/c1-11-6-7-12(2)13(8-11)9-14(20)10-15-16(18)4-3-5-17(15)19/h3-8,14H,9-10,20H2,1-2H3. The third-order valence-corrected chi connectivity index (χ3v) is 4.22. The molecule has 0 aliphatic rings. The third kappa shape index (κ3) is 3.76. The molecule has 3 heteroatoms. The zero-order valence-corrected chi connectivity index (χ0v) is 13.3. The van der Waals surface area contributed by atoms with Crippen molar-refractivity contribution in [3.63, 3.8) is 0 Å². The van der Waals surface area contributed by atoms with Gasteiger partial charge in [0.25, 0.3) is 0 Å². The van der Waals surface area contributed by atoms with Crippen molar-refractivity contribution < 1.29 is 0 Å². The SMILES string of the molecule is Cc1ccc(C)c(CC(N)Cc2c(Cl)cccc2Cl)c1. The van der Waals surface area contributed by atoms with Crippen LogP contribution in [-0.4, -0.2) is 6.04 Å². The van der Waals surface area contributed by atoms with Crippen molar-refractivity contribution >= 4 is 23.2 Å². The number of hydrogen-bond acceptors (Lipinski definition) is 1. The van der Waals surface area contributed by atoms with Crippen molar-refractivity contribution in [1.82, 2.24) is 0 Å². The van der Waals surface area contributed by atoms with E-state index < -0.39 is 0 Å². The molecule has 0 bridgehead atoms. The van der Waals surface area contributed by atoms with Crippen molar-refractivity contribution in [2.45, 2.75) is 32.7 Å². The summed E-state index contributed by atoms with van der Waals surface area (Å²) in [6.45, 7) is 4.21. The minimum absolute atomic E-state index is 0.00731. The van der Waals surface area contributed by atoms with Crippen molar-refractivity contribution in [2.75, 3.05) is 0 Å². The van der Waals surface area contributed by atoms with Gasteiger partial charge >= 0.3 is 0 Å². The van der Waals surface area contributed by atoms with Crippen LogP contribution < -0.4 is 5.73 Å². The van der Waals surface area contributed by atoms with Crippen LogP contribution in [0.4, 0.5) is 0 Å². The first kappa shape index (κ1) is 15.4. The Morgan fingerprint density at radius 3 is 2.30 bits per heavy atom. The molecule has 0 aliphatic heterocycles. The van der Waals surface area contributed by atoms with Gasteiger partial charge < -0.3 is 5.73 Å². The molecule has 2 aromatic rings. The predicted octanol–water partition coefficient (Wildman–Crippen LogP) is 4.72. The van der Waals surface area contributed by atoms with E-state index in [9.17, 15) is 0 Å². The molecule has 0 fully saturated rings. The van der Waals surface area contributed by atoms with E-state index in [2.05, 4.69) is 32.0 Å². The minimum Gasteiger partial charge on any atom is -0.327 e. The van der Waals surface area contributed by atoms with E-state index in [-0.39, 0.29) is 6.04 Å². The summed E-state index contributed by atoms with van der Waals surface area (Å²) in [7, 11) is 0. The van der Waals surface area contributed by atoms with Crippen LogP contribution in [-0.2, 0) is 12.8 Å². The summed E-state index contributed by atoms with van der Waals surface area (Å²) in [5.74, 6) is 0. The van der Waals surface area contributed by atoms with Crippen LogP contribution in [0.25, 0.3) is 0 Å². The van der Waals surface area contributed by atoms with Crippen molar-refractivity contribution in [3.8, 4) is 0 Å². The van der Waals surface area contributed by atoms with E-state index >= 15 is 0 Å². The van der Waals surface area contributed by atoms with E-state index in [1.807, 2.05) is 18.2 Å². The van der Waals surface area contributed by atoms with Crippen molar-refractivity contribution in [1.29, 1.82) is 0 Å². The number of hydrogen-bond donors (Lipinski definition) is 1. The largest absolute Gasteiger partial charge is 0.327 e. The average Bonchev–Trinajstić information content (AvgIpc) is 2.38. The highest BCUT2D eigenvalue weighted by atomic mass is 35.5. The molecule has 1 nitrogen and oxygen atoms in total. The first-order valence-electron chi connectivity index (χ1n) is 6.72. The third-order valence-electron chi connectivity index (χ3n) is 3.51. The molecule has 1 atom stereocenters. The van der Waals surface area contributed by atoms with Crippen LogP contribution in [0.3, 0.4) is 0 Å². The maximum Gasteiger partial charge on any atom is 0.0453 e. The molecule has 2 N–H and O–H groups in total. The molecule has 0 aliphatic carbocycles. The maximum absolute atomic E-state index is 6.28. The fraction of sp³-hybridized carbons (Fsp3) is 0.294. The Kier molecular flexibility index (Phi) is 5.09. The highest BCUT2D eigenvalue weighted by molar-refractivity contribution is 6.36. The fourth-order valence-corrected chi connectivity index (χ4v) is 2.92. The lowest BCUT2D eigenvalue weighted by molar-refractivity contribution is 0.662. The molecule has 0 saturated heterocycles. The fourth-order valence-electron chi connectivity index (χ4n) is 2.36. The molecule has 0 aromatic heterocycles. The summed E-state index contributed by atoms with van der Waals surface area (Å²) in [6.07, 6.45) is 1.51. The zero-order chi connectivity index (χ0) is 14.7. The molecule has 20 heavy (non-hydrogen) atoms. The van der Waals surface area contributed by atoms with Gasteiger partial charge in [0, 0.05) is 16.1 Å². The highest BCUT2D eigenvalue weighted by Crippen LogP contribution is 2.26. The van der Waals surface area contributed by atoms with Gasteiger partial charge in [-0.15, -0.1) is 0 Å². The zero-order valence-electron chi connectivity index (χ0n) is 11.8. The van der Waals surface area contributed by atoms with Crippen LogP contribution in [0.2, 0.25) is 10.0 Å². The van der Waals surface area contributed by atoms with Gasteiger partial charge in [0.15, 0.2) is 0 Å². The molecule has 2 rings (SSSR count). The number of benzene rings is 2. The Labute approximate surface area is 130 Å². The molecule has 0 radical (unpaired) electrons. The van der Waals surface area contributed by atoms with Gasteiger partial charge in [0.1, 0.15) is 0 Å².